The van der Waals surface area contributed by atoms with Gasteiger partial charge in [0.1, 0.15) is 0 Å². The van der Waals surface area contributed by atoms with Crippen molar-refractivity contribution in [1.82, 2.24) is 0 Å². The molecule has 0 aliphatic carbocycles. The molecular formula is C11H14O2S. The van der Waals surface area contributed by atoms with E-state index in [0.717, 1.165) is 4.90 Å². The van der Waals surface area contributed by atoms with Gasteiger partial charge in [0.25, 0.3) is 0 Å². The predicted molar refractivity (Wildman–Crippen MR) is 58.2 cm³/mol. The van der Waals surface area contributed by atoms with Crippen LogP contribution in [0.25, 0.3) is 0 Å². The highest BCUT2D eigenvalue weighted by Gasteiger charge is 2.18. The molecule has 0 radical (unpaired) electrons. The van der Waals surface area contributed by atoms with Gasteiger partial charge in [-0.25, -0.2) is 0 Å². The smallest absolute Gasteiger partial charge is 0.199 e. The second-order valence-electron chi connectivity index (χ2n) is 3.26. The van der Waals surface area contributed by atoms with Crippen molar-refractivity contribution in [2.45, 2.75) is 24.8 Å². The van der Waals surface area contributed by atoms with Crippen LogP contribution >= 0.6 is 11.8 Å². The summed E-state index contributed by atoms with van der Waals surface area (Å²) in [7, 11) is 0. The molecule has 3 heteroatoms. The molecule has 0 unspecified atom stereocenters. The third kappa shape index (κ3) is 3.16. The first-order valence-electron chi connectivity index (χ1n) is 4.56. The summed E-state index contributed by atoms with van der Waals surface area (Å²) >= 11 is 1.18. The molecule has 2 nitrogen and oxygen atoms in total. The van der Waals surface area contributed by atoms with Gasteiger partial charge in [-0.15, -0.1) is 0 Å². The lowest BCUT2D eigenvalue weighted by molar-refractivity contribution is -0.116. The molecule has 14 heavy (non-hydrogen) atoms. The van der Waals surface area contributed by atoms with Gasteiger partial charge in [-0.1, -0.05) is 36.9 Å². The molecule has 1 rings (SSSR count). The summed E-state index contributed by atoms with van der Waals surface area (Å²) in [5.74, 6) is -0.319. The maximum absolute atomic E-state index is 11.6. The Hall–Kier alpha value is -0.800. The molecule has 0 saturated heterocycles. The van der Waals surface area contributed by atoms with Crippen molar-refractivity contribution >= 4 is 16.9 Å². The number of aliphatic hydroxyl groups excluding tert-OH is 1. The fraction of sp³-hybridized carbons (Fsp3) is 0.364. The van der Waals surface area contributed by atoms with E-state index in [9.17, 15) is 9.90 Å². The van der Waals surface area contributed by atoms with Crippen LogP contribution in [0.3, 0.4) is 0 Å². The minimum atomic E-state index is -0.585. The van der Waals surface area contributed by atoms with E-state index in [0.29, 0.717) is 0 Å². The van der Waals surface area contributed by atoms with E-state index in [-0.39, 0.29) is 11.0 Å². The van der Waals surface area contributed by atoms with Crippen molar-refractivity contribution in [3.8, 4) is 0 Å². The highest BCUT2D eigenvalue weighted by atomic mass is 32.2. The highest BCUT2D eigenvalue weighted by molar-refractivity contribution is 8.13. The first-order chi connectivity index (χ1) is 6.61. The van der Waals surface area contributed by atoms with Crippen LogP contribution in [-0.4, -0.2) is 16.3 Å². The van der Waals surface area contributed by atoms with Gasteiger partial charge in [-0.3, -0.25) is 4.79 Å². The van der Waals surface area contributed by atoms with Gasteiger partial charge in [0, 0.05) is 4.90 Å². The first kappa shape index (κ1) is 11.3. The van der Waals surface area contributed by atoms with E-state index in [1.165, 1.54) is 11.8 Å². The maximum Gasteiger partial charge on any atom is 0.199 e. The maximum atomic E-state index is 11.6. The Bertz CT molecular complexity index is 295. The van der Waals surface area contributed by atoms with Crippen LogP contribution in [0.2, 0.25) is 0 Å². The molecular weight excluding hydrogens is 196 g/mol. The lowest BCUT2D eigenvalue weighted by Crippen LogP contribution is -2.20. The zero-order valence-corrected chi connectivity index (χ0v) is 9.12. The Morgan fingerprint density at radius 3 is 2.36 bits per heavy atom. The van der Waals surface area contributed by atoms with Crippen molar-refractivity contribution in [2.24, 2.45) is 5.92 Å². The van der Waals surface area contributed by atoms with Crippen LogP contribution in [0, 0.1) is 5.92 Å². The lowest BCUT2D eigenvalue weighted by atomic mass is 10.1. The van der Waals surface area contributed by atoms with E-state index in [1.807, 2.05) is 30.3 Å². The average molecular weight is 210 g/mol. The molecule has 0 bridgehead atoms. The van der Waals surface area contributed by atoms with Gasteiger partial charge in [0.2, 0.25) is 0 Å². The molecule has 1 N–H and O–H groups in total. The lowest BCUT2D eigenvalue weighted by Gasteiger charge is -2.12. The fourth-order valence-electron chi connectivity index (χ4n) is 0.895. The van der Waals surface area contributed by atoms with Crippen LogP contribution in [0.15, 0.2) is 35.2 Å². The standard InChI is InChI=1S/C11H14O2S/c1-8(9(2)12)11(13)14-10-6-4-3-5-7-10/h3-9,12H,1-2H3/t8-,9+/m1/s1. The number of carbonyl (C=O) groups excluding carboxylic acids is 1. The van der Waals surface area contributed by atoms with Crippen LogP contribution in [0.5, 0.6) is 0 Å². The molecule has 76 valence electrons. The fourth-order valence-corrected chi connectivity index (χ4v) is 1.80. The molecule has 2 atom stereocenters. The molecule has 0 fully saturated rings. The Kier molecular flexibility index (Phi) is 4.17. The van der Waals surface area contributed by atoms with E-state index in [4.69, 9.17) is 0 Å². The largest absolute Gasteiger partial charge is 0.393 e. The molecule has 1 aromatic rings. The van der Waals surface area contributed by atoms with E-state index in [2.05, 4.69) is 0 Å². The van der Waals surface area contributed by atoms with E-state index < -0.39 is 6.10 Å². The van der Waals surface area contributed by atoms with Crippen LogP contribution < -0.4 is 0 Å². The Labute approximate surface area is 88.3 Å². The minimum Gasteiger partial charge on any atom is -0.393 e. The number of benzene rings is 1. The minimum absolute atomic E-state index is 0.00574. The molecule has 1 aromatic carbocycles. The quantitative estimate of drug-likeness (QED) is 0.778. The summed E-state index contributed by atoms with van der Waals surface area (Å²) in [4.78, 5) is 12.5. The molecule has 0 heterocycles. The molecule has 0 spiro atoms. The van der Waals surface area contributed by atoms with Gasteiger partial charge in [-0.2, -0.15) is 0 Å². The average Bonchev–Trinajstić information content (AvgIpc) is 2.18. The van der Waals surface area contributed by atoms with Crippen molar-refractivity contribution < 1.29 is 9.90 Å². The topological polar surface area (TPSA) is 37.3 Å². The van der Waals surface area contributed by atoms with Gasteiger partial charge in [-0.05, 0) is 19.1 Å². The monoisotopic (exact) mass is 210 g/mol. The Morgan fingerprint density at radius 2 is 1.86 bits per heavy atom. The normalized spacial score (nSPS) is 14.8. The van der Waals surface area contributed by atoms with Crippen LogP contribution in [0.4, 0.5) is 0 Å². The summed E-state index contributed by atoms with van der Waals surface area (Å²) < 4.78 is 0. The summed E-state index contributed by atoms with van der Waals surface area (Å²) in [5, 5.41) is 9.24. The molecule has 0 saturated carbocycles. The van der Waals surface area contributed by atoms with Crippen molar-refractivity contribution in [3.63, 3.8) is 0 Å². The molecule has 0 amide bonds. The summed E-state index contributed by atoms with van der Waals surface area (Å²) in [5.41, 5.74) is 0. The number of aliphatic hydroxyl groups is 1. The summed E-state index contributed by atoms with van der Waals surface area (Å²) in [6, 6.07) is 9.46. The Balaban J connectivity index is 2.58. The number of rotatable bonds is 3. The first-order valence-corrected chi connectivity index (χ1v) is 5.37. The van der Waals surface area contributed by atoms with Gasteiger partial charge in [0.15, 0.2) is 5.12 Å². The number of hydrogen-bond acceptors (Lipinski definition) is 3. The van der Waals surface area contributed by atoms with Gasteiger partial charge < -0.3 is 5.11 Å². The highest BCUT2D eigenvalue weighted by Crippen LogP contribution is 2.23. The zero-order valence-electron chi connectivity index (χ0n) is 8.31. The summed E-state index contributed by atoms with van der Waals surface area (Å²) in [6.07, 6.45) is -0.585. The number of hydrogen-bond donors (Lipinski definition) is 1. The van der Waals surface area contributed by atoms with Gasteiger partial charge in [0.05, 0.1) is 12.0 Å². The second kappa shape index (κ2) is 5.17. The second-order valence-corrected chi connectivity index (χ2v) is 4.34. The zero-order chi connectivity index (χ0) is 10.6. The van der Waals surface area contributed by atoms with Crippen LogP contribution in [-0.2, 0) is 4.79 Å². The van der Waals surface area contributed by atoms with Gasteiger partial charge >= 0.3 is 0 Å². The third-order valence-electron chi connectivity index (χ3n) is 2.06. The predicted octanol–water partition coefficient (Wildman–Crippen LogP) is 2.32. The molecule has 0 aromatic heterocycles. The molecule has 0 aliphatic heterocycles. The van der Waals surface area contributed by atoms with Crippen molar-refractivity contribution in [1.29, 1.82) is 0 Å². The van der Waals surface area contributed by atoms with Crippen LogP contribution in [0.1, 0.15) is 13.8 Å². The summed E-state index contributed by atoms with van der Waals surface area (Å²) in [6.45, 7) is 3.37. The van der Waals surface area contributed by atoms with Crippen molar-refractivity contribution in [3.05, 3.63) is 30.3 Å². The Morgan fingerprint density at radius 1 is 1.29 bits per heavy atom. The van der Waals surface area contributed by atoms with E-state index in [1.54, 1.807) is 13.8 Å². The number of carbonyl (C=O) groups is 1. The van der Waals surface area contributed by atoms with E-state index >= 15 is 0 Å². The third-order valence-corrected chi connectivity index (χ3v) is 3.14. The SMILES string of the molecule is C[C@H](O)[C@@H](C)C(=O)Sc1ccccc1. The number of thioether (sulfide) groups is 1. The molecule has 0 aliphatic rings. The van der Waals surface area contributed by atoms with Crippen molar-refractivity contribution in [2.75, 3.05) is 0 Å².